The number of ether oxygens (including phenoxy) is 1. The van der Waals surface area contributed by atoms with E-state index in [9.17, 15) is 18.0 Å². The molecule has 1 saturated heterocycles. The summed E-state index contributed by atoms with van der Waals surface area (Å²) in [6, 6.07) is 13.4. The first-order valence-electron chi connectivity index (χ1n) is 9.06. The van der Waals surface area contributed by atoms with Gasteiger partial charge in [0, 0.05) is 26.1 Å². The fourth-order valence-electron chi connectivity index (χ4n) is 3.18. The van der Waals surface area contributed by atoms with Crippen molar-refractivity contribution in [2.45, 2.75) is 24.4 Å². The highest BCUT2D eigenvalue weighted by Crippen LogP contribution is 2.21. The van der Waals surface area contributed by atoms with Crippen LogP contribution in [0.1, 0.15) is 17.5 Å². The molecule has 1 fully saturated rings. The van der Waals surface area contributed by atoms with Crippen molar-refractivity contribution in [2.75, 3.05) is 13.7 Å². The van der Waals surface area contributed by atoms with Crippen LogP contribution in [-0.2, 0) is 32.7 Å². The maximum Gasteiger partial charge on any atom is 0.238 e. The zero-order valence-corrected chi connectivity index (χ0v) is 16.8. The topological polar surface area (TPSA) is 119 Å². The van der Waals surface area contributed by atoms with Crippen molar-refractivity contribution < 1.29 is 22.7 Å². The van der Waals surface area contributed by atoms with Gasteiger partial charge in [0.25, 0.3) is 0 Å². The van der Waals surface area contributed by atoms with Crippen LogP contribution in [0.5, 0.6) is 5.75 Å². The normalized spacial score (nSPS) is 16.7. The molecule has 1 aliphatic rings. The standard InChI is InChI=1S/C20H23N3O5S/c1-28-17-6-2-15(3-7-17)12-23-13-16(10-19(23)24)20(25)22-11-14-4-8-18(9-5-14)29(21,26)27/h2-9,16H,10-13H2,1H3,(H,22,25)(H2,21,26,27). The predicted molar refractivity (Wildman–Crippen MR) is 106 cm³/mol. The molecule has 3 rings (SSSR count). The minimum Gasteiger partial charge on any atom is -0.497 e. The fourth-order valence-corrected chi connectivity index (χ4v) is 3.70. The molecule has 2 aromatic rings. The highest BCUT2D eigenvalue weighted by atomic mass is 32.2. The zero-order chi connectivity index (χ0) is 21.0. The molecule has 1 aliphatic heterocycles. The number of nitrogens with zero attached hydrogens (tertiary/aromatic N) is 1. The Kier molecular flexibility index (Phi) is 6.19. The molecule has 1 atom stereocenters. The van der Waals surface area contributed by atoms with Crippen molar-refractivity contribution >= 4 is 21.8 Å². The van der Waals surface area contributed by atoms with Gasteiger partial charge < -0.3 is 15.0 Å². The summed E-state index contributed by atoms with van der Waals surface area (Å²) in [5.74, 6) is 0.0739. The number of nitrogens with two attached hydrogens (primary N) is 1. The van der Waals surface area contributed by atoms with Crippen LogP contribution in [0, 0.1) is 5.92 Å². The van der Waals surface area contributed by atoms with Crippen LogP contribution in [0.2, 0.25) is 0 Å². The zero-order valence-electron chi connectivity index (χ0n) is 16.0. The molecule has 29 heavy (non-hydrogen) atoms. The Hall–Kier alpha value is -2.91. The number of carbonyl (C=O) groups excluding carboxylic acids is 2. The van der Waals surface area contributed by atoms with Gasteiger partial charge in [0.2, 0.25) is 21.8 Å². The number of primary sulfonamides is 1. The maximum atomic E-state index is 12.4. The van der Waals surface area contributed by atoms with E-state index in [0.29, 0.717) is 13.1 Å². The number of methoxy groups -OCH3 is 1. The van der Waals surface area contributed by atoms with Crippen molar-refractivity contribution in [3.05, 3.63) is 59.7 Å². The van der Waals surface area contributed by atoms with E-state index in [1.54, 1.807) is 24.1 Å². The third kappa shape index (κ3) is 5.33. The summed E-state index contributed by atoms with van der Waals surface area (Å²) in [5.41, 5.74) is 1.71. The summed E-state index contributed by atoms with van der Waals surface area (Å²) in [5, 5.41) is 7.87. The molecule has 0 spiro atoms. The number of benzene rings is 2. The van der Waals surface area contributed by atoms with Gasteiger partial charge in [-0.3, -0.25) is 9.59 Å². The third-order valence-electron chi connectivity index (χ3n) is 4.84. The van der Waals surface area contributed by atoms with E-state index in [1.807, 2.05) is 24.3 Å². The lowest BCUT2D eigenvalue weighted by Crippen LogP contribution is -2.32. The van der Waals surface area contributed by atoms with Gasteiger partial charge in [0.05, 0.1) is 17.9 Å². The quantitative estimate of drug-likeness (QED) is 0.697. The molecule has 0 saturated carbocycles. The first-order valence-corrected chi connectivity index (χ1v) is 10.6. The molecule has 1 unspecified atom stereocenters. The molecule has 3 N–H and O–H groups in total. The summed E-state index contributed by atoms with van der Waals surface area (Å²) >= 11 is 0. The van der Waals surface area contributed by atoms with Gasteiger partial charge in [-0.2, -0.15) is 0 Å². The number of hydrogen-bond donors (Lipinski definition) is 2. The van der Waals surface area contributed by atoms with Crippen molar-refractivity contribution in [3.63, 3.8) is 0 Å². The summed E-state index contributed by atoms with van der Waals surface area (Å²) in [4.78, 5) is 26.4. The van der Waals surface area contributed by atoms with Crippen LogP contribution < -0.4 is 15.2 Å². The van der Waals surface area contributed by atoms with E-state index in [1.165, 1.54) is 12.1 Å². The van der Waals surface area contributed by atoms with E-state index in [4.69, 9.17) is 9.88 Å². The molecule has 2 aromatic carbocycles. The number of rotatable bonds is 7. The van der Waals surface area contributed by atoms with Gasteiger partial charge in [0.1, 0.15) is 5.75 Å². The van der Waals surface area contributed by atoms with E-state index in [2.05, 4.69) is 5.32 Å². The smallest absolute Gasteiger partial charge is 0.238 e. The molecule has 154 valence electrons. The second-order valence-corrected chi connectivity index (χ2v) is 8.49. The maximum absolute atomic E-state index is 12.4. The highest BCUT2D eigenvalue weighted by molar-refractivity contribution is 7.89. The largest absolute Gasteiger partial charge is 0.497 e. The Morgan fingerprint density at radius 3 is 2.34 bits per heavy atom. The molecule has 0 aromatic heterocycles. The van der Waals surface area contributed by atoms with Gasteiger partial charge in [-0.25, -0.2) is 13.6 Å². The molecule has 8 nitrogen and oxygen atoms in total. The predicted octanol–water partition coefficient (Wildman–Crippen LogP) is 1.01. The molecular weight excluding hydrogens is 394 g/mol. The molecule has 1 heterocycles. The number of amides is 2. The van der Waals surface area contributed by atoms with Crippen LogP contribution in [0.15, 0.2) is 53.4 Å². The Morgan fingerprint density at radius 2 is 1.76 bits per heavy atom. The van der Waals surface area contributed by atoms with E-state index in [-0.39, 0.29) is 29.7 Å². The number of likely N-dealkylation sites (tertiary alicyclic amines) is 1. The second-order valence-electron chi connectivity index (χ2n) is 6.93. The van der Waals surface area contributed by atoms with Crippen LogP contribution in [0.25, 0.3) is 0 Å². The lowest BCUT2D eigenvalue weighted by atomic mass is 10.1. The number of carbonyl (C=O) groups is 2. The fraction of sp³-hybridized carbons (Fsp3) is 0.300. The van der Waals surface area contributed by atoms with E-state index < -0.39 is 15.9 Å². The minimum absolute atomic E-state index is 0.0168. The second kappa shape index (κ2) is 8.62. The molecule has 0 radical (unpaired) electrons. The SMILES string of the molecule is COc1ccc(CN2CC(C(=O)NCc3ccc(S(N)(=O)=O)cc3)CC2=O)cc1. The molecule has 9 heteroatoms. The Balaban J connectivity index is 1.53. The average Bonchev–Trinajstić information content (AvgIpc) is 3.07. The van der Waals surface area contributed by atoms with Gasteiger partial charge >= 0.3 is 0 Å². The molecule has 2 amide bonds. The highest BCUT2D eigenvalue weighted by Gasteiger charge is 2.34. The molecule has 0 bridgehead atoms. The van der Waals surface area contributed by atoms with E-state index in [0.717, 1.165) is 16.9 Å². The van der Waals surface area contributed by atoms with Crippen LogP contribution >= 0.6 is 0 Å². The molecular formula is C20H23N3O5S. The monoisotopic (exact) mass is 417 g/mol. The minimum atomic E-state index is -3.74. The summed E-state index contributed by atoms with van der Waals surface area (Å²) in [7, 11) is -2.15. The Bertz CT molecular complexity index is 988. The van der Waals surface area contributed by atoms with Crippen LogP contribution in [0.4, 0.5) is 0 Å². The van der Waals surface area contributed by atoms with Crippen molar-refractivity contribution in [1.29, 1.82) is 0 Å². The number of nitrogens with one attached hydrogen (secondary N) is 1. The first-order chi connectivity index (χ1) is 13.8. The van der Waals surface area contributed by atoms with Gasteiger partial charge in [-0.1, -0.05) is 24.3 Å². The summed E-state index contributed by atoms with van der Waals surface area (Å²) in [6.07, 6.45) is 0.173. The lowest BCUT2D eigenvalue weighted by Gasteiger charge is -2.17. The summed E-state index contributed by atoms with van der Waals surface area (Å²) < 4.78 is 27.7. The molecule has 0 aliphatic carbocycles. The van der Waals surface area contributed by atoms with Crippen LogP contribution in [-0.4, -0.2) is 38.8 Å². The van der Waals surface area contributed by atoms with Crippen molar-refractivity contribution in [2.24, 2.45) is 11.1 Å². The van der Waals surface area contributed by atoms with Gasteiger partial charge in [-0.05, 0) is 35.4 Å². The Morgan fingerprint density at radius 1 is 1.14 bits per heavy atom. The lowest BCUT2D eigenvalue weighted by molar-refractivity contribution is -0.129. The van der Waals surface area contributed by atoms with Gasteiger partial charge in [0.15, 0.2) is 0 Å². The first kappa shape index (κ1) is 20.8. The average molecular weight is 417 g/mol. The van der Waals surface area contributed by atoms with E-state index >= 15 is 0 Å². The van der Waals surface area contributed by atoms with Crippen molar-refractivity contribution in [3.8, 4) is 5.75 Å². The van der Waals surface area contributed by atoms with Gasteiger partial charge in [-0.15, -0.1) is 0 Å². The number of sulfonamides is 1. The van der Waals surface area contributed by atoms with Crippen LogP contribution in [0.3, 0.4) is 0 Å². The summed E-state index contributed by atoms with van der Waals surface area (Å²) in [6.45, 7) is 1.05. The third-order valence-corrected chi connectivity index (χ3v) is 5.77. The van der Waals surface area contributed by atoms with Crippen molar-refractivity contribution in [1.82, 2.24) is 10.2 Å². The number of hydrogen-bond acceptors (Lipinski definition) is 5. The Labute approximate surface area is 169 Å².